The van der Waals surface area contributed by atoms with Crippen molar-refractivity contribution in [3.63, 3.8) is 0 Å². The van der Waals surface area contributed by atoms with Crippen LogP contribution in [0.4, 0.5) is 0 Å². The fraction of sp³-hybridized carbons (Fsp3) is 0.471. The van der Waals surface area contributed by atoms with Crippen molar-refractivity contribution in [2.75, 3.05) is 13.1 Å². The second-order valence-electron chi connectivity index (χ2n) is 5.79. The quantitative estimate of drug-likeness (QED) is 0.940. The molecule has 0 bridgehead atoms. The normalized spacial score (nSPS) is 22.4. The highest BCUT2D eigenvalue weighted by atomic mass is 35.5. The molecule has 1 saturated heterocycles. The molecule has 1 aliphatic heterocycles. The lowest BCUT2D eigenvalue weighted by Crippen LogP contribution is -2.34. The summed E-state index contributed by atoms with van der Waals surface area (Å²) in [5, 5.41) is 9.01. The van der Waals surface area contributed by atoms with E-state index in [0.717, 1.165) is 31.0 Å². The van der Waals surface area contributed by atoms with E-state index in [0.29, 0.717) is 11.8 Å². The SMILES string of the molecule is CCc1nn(C)cc1C1CCNCC1c1ccccc1Cl. The van der Waals surface area contributed by atoms with Crippen LogP contribution < -0.4 is 5.32 Å². The molecule has 0 aliphatic carbocycles. The summed E-state index contributed by atoms with van der Waals surface area (Å²) in [4.78, 5) is 0. The summed E-state index contributed by atoms with van der Waals surface area (Å²) in [5.74, 6) is 0.914. The van der Waals surface area contributed by atoms with Crippen LogP contribution in [0.5, 0.6) is 0 Å². The van der Waals surface area contributed by atoms with E-state index in [1.165, 1.54) is 16.8 Å². The molecule has 2 heterocycles. The number of nitrogens with zero attached hydrogens (tertiary/aromatic N) is 2. The molecule has 1 aromatic carbocycles. The Bertz CT molecular complexity index is 620. The minimum Gasteiger partial charge on any atom is -0.316 e. The Kier molecular flexibility index (Phi) is 4.32. The van der Waals surface area contributed by atoms with Gasteiger partial charge in [0.2, 0.25) is 0 Å². The molecule has 0 radical (unpaired) electrons. The number of hydrogen-bond donors (Lipinski definition) is 1. The van der Waals surface area contributed by atoms with E-state index in [-0.39, 0.29) is 0 Å². The Labute approximate surface area is 131 Å². The predicted molar refractivity (Wildman–Crippen MR) is 87.0 cm³/mol. The average Bonchev–Trinajstić information content (AvgIpc) is 2.89. The largest absolute Gasteiger partial charge is 0.316 e. The Morgan fingerprint density at radius 1 is 1.29 bits per heavy atom. The lowest BCUT2D eigenvalue weighted by molar-refractivity contribution is 0.402. The summed E-state index contributed by atoms with van der Waals surface area (Å²) in [6.45, 7) is 4.22. The summed E-state index contributed by atoms with van der Waals surface area (Å²) in [6, 6.07) is 8.23. The van der Waals surface area contributed by atoms with E-state index in [2.05, 4.69) is 35.7 Å². The van der Waals surface area contributed by atoms with Crippen molar-refractivity contribution in [2.24, 2.45) is 7.05 Å². The molecule has 2 aromatic rings. The molecule has 0 amide bonds. The molecule has 2 atom stereocenters. The number of aryl methyl sites for hydroxylation is 2. The number of aromatic nitrogens is 2. The standard InChI is InChI=1S/C17H22ClN3/c1-3-17-15(11-21(2)20-17)12-8-9-19-10-14(12)13-6-4-5-7-16(13)18/h4-7,11-12,14,19H,3,8-10H2,1-2H3. The number of benzene rings is 1. The Balaban J connectivity index is 2.00. The van der Waals surface area contributed by atoms with Gasteiger partial charge < -0.3 is 5.32 Å². The van der Waals surface area contributed by atoms with Crippen LogP contribution in [0.25, 0.3) is 0 Å². The monoisotopic (exact) mass is 303 g/mol. The second-order valence-corrected chi connectivity index (χ2v) is 6.19. The summed E-state index contributed by atoms with van der Waals surface area (Å²) < 4.78 is 1.94. The van der Waals surface area contributed by atoms with Crippen LogP contribution in [0.1, 0.15) is 42.0 Å². The van der Waals surface area contributed by atoms with Crippen LogP contribution in [0.2, 0.25) is 5.02 Å². The van der Waals surface area contributed by atoms with Gasteiger partial charge in [0, 0.05) is 30.7 Å². The fourth-order valence-corrected chi connectivity index (χ4v) is 3.75. The smallest absolute Gasteiger partial charge is 0.0656 e. The molecule has 1 N–H and O–H groups in total. The maximum Gasteiger partial charge on any atom is 0.0656 e. The van der Waals surface area contributed by atoms with E-state index >= 15 is 0 Å². The number of nitrogens with one attached hydrogen (secondary N) is 1. The van der Waals surface area contributed by atoms with Crippen LogP contribution in [-0.2, 0) is 13.5 Å². The number of rotatable bonds is 3. The first-order valence-corrected chi connectivity index (χ1v) is 8.06. The van der Waals surface area contributed by atoms with Crippen molar-refractivity contribution in [1.29, 1.82) is 0 Å². The fourth-order valence-electron chi connectivity index (χ4n) is 3.47. The minimum atomic E-state index is 0.418. The molecule has 21 heavy (non-hydrogen) atoms. The van der Waals surface area contributed by atoms with Crippen molar-refractivity contribution in [3.8, 4) is 0 Å². The van der Waals surface area contributed by atoms with Gasteiger partial charge in [-0.1, -0.05) is 36.7 Å². The molecule has 4 heteroatoms. The molecule has 1 aromatic heterocycles. The maximum absolute atomic E-state index is 6.44. The molecule has 2 unspecified atom stereocenters. The van der Waals surface area contributed by atoms with Gasteiger partial charge in [-0.2, -0.15) is 5.10 Å². The number of hydrogen-bond acceptors (Lipinski definition) is 2. The van der Waals surface area contributed by atoms with Gasteiger partial charge in [-0.3, -0.25) is 4.68 Å². The van der Waals surface area contributed by atoms with Crippen molar-refractivity contribution in [2.45, 2.75) is 31.6 Å². The minimum absolute atomic E-state index is 0.418. The van der Waals surface area contributed by atoms with E-state index in [9.17, 15) is 0 Å². The first-order chi connectivity index (χ1) is 10.2. The summed E-state index contributed by atoms with van der Waals surface area (Å²) >= 11 is 6.44. The molecule has 0 saturated carbocycles. The first kappa shape index (κ1) is 14.6. The average molecular weight is 304 g/mol. The van der Waals surface area contributed by atoms with Crippen molar-refractivity contribution in [1.82, 2.24) is 15.1 Å². The Hall–Kier alpha value is -1.32. The van der Waals surface area contributed by atoms with Crippen LogP contribution in [-0.4, -0.2) is 22.9 Å². The zero-order valence-corrected chi connectivity index (χ0v) is 13.4. The highest BCUT2D eigenvalue weighted by molar-refractivity contribution is 6.31. The second kappa shape index (κ2) is 6.20. The van der Waals surface area contributed by atoms with Crippen LogP contribution in [0.3, 0.4) is 0 Å². The van der Waals surface area contributed by atoms with Gasteiger partial charge in [0.15, 0.2) is 0 Å². The Morgan fingerprint density at radius 2 is 2.10 bits per heavy atom. The van der Waals surface area contributed by atoms with Crippen LogP contribution in [0.15, 0.2) is 30.5 Å². The molecule has 3 nitrogen and oxygen atoms in total. The molecule has 1 fully saturated rings. The zero-order chi connectivity index (χ0) is 14.8. The van der Waals surface area contributed by atoms with Crippen LogP contribution >= 0.6 is 11.6 Å². The molecule has 3 rings (SSSR count). The molecular formula is C17H22ClN3. The third-order valence-corrected chi connectivity index (χ3v) is 4.80. The van der Waals surface area contributed by atoms with Gasteiger partial charge >= 0.3 is 0 Å². The van der Waals surface area contributed by atoms with E-state index < -0.39 is 0 Å². The highest BCUT2D eigenvalue weighted by Gasteiger charge is 2.31. The molecule has 1 aliphatic rings. The molecular weight excluding hydrogens is 282 g/mol. The first-order valence-electron chi connectivity index (χ1n) is 7.68. The number of piperidine rings is 1. The Morgan fingerprint density at radius 3 is 2.86 bits per heavy atom. The van der Waals surface area contributed by atoms with Gasteiger partial charge in [-0.05, 0) is 42.5 Å². The predicted octanol–water partition coefficient (Wildman–Crippen LogP) is 3.50. The summed E-state index contributed by atoms with van der Waals surface area (Å²) in [6.07, 6.45) is 4.31. The van der Waals surface area contributed by atoms with Gasteiger partial charge in [0.05, 0.1) is 5.69 Å². The van der Waals surface area contributed by atoms with Crippen molar-refractivity contribution in [3.05, 3.63) is 52.3 Å². The van der Waals surface area contributed by atoms with E-state index in [1.54, 1.807) is 0 Å². The number of halogens is 1. The topological polar surface area (TPSA) is 29.9 Å². The third-order valence-electron chi connectivity index (χ3n) is 4.46. The lowest BCUT2D eigenvalue weighted by atomic mass is 9.77. The van der Waals surface area contributed by atoms with E-state index in [1.807, 2.05) is 23.9 Å². The molecule has 112 valence electrons. The maximum atomic E-state index is 6.44. The third kappa shape index (κ3) is 2.85. The van der Waals surface area contributed by atoms with Gasteiger partial charge in [-0.25, -0.2) is 0 Å². The van der Waals surface area contributed by atoms with Crippen LogP contribution in [0, 0.1) is 0 Å². The van der Waals surface area contributed by atoms with Gasteiger partial charge in [0.1, 0.15) is 0 Å². The molecule has 0 spiro atoms. The van der Waals surface area contributed by atoms with E-state index in [4.69, 9.17) is 11.6 Å². The zero-order valence-electron chi connectivity index (χ0n) is 12.6. The summed E-state index contributed by atoms with van der Waals surface area (Å²) in [5.41, 5.74) is 3.87. The summed E-state index contributed by atoms with van der Waals surface area (Å²) in [7, 11) is 2.01. The van der Waals surface area contributed by atoms with Gasteiger partial charge in [-0.15, -0.1) is 0 Å². The van der Waals surface area contributed by atoms with Gasteiger partial charge in [0.25, 0.3) is 0 Å². The highest BCUT2D eigenvalue weighted by Crippen LogP contribution is 2.40. The van der Waals surface area contributed by atoms with Crippen molar-refractivity contribution >= 4 is 11.6 Å². The van der Waals surface area contributed by atoms with Crippen molar-refractivity contribution < 1.29 is 0 Å². The lowest BCUT2D eigenvalue weighted by Gasteiger charge is -2.33.